The van der Waals surface area contributed by atoms with Crippen LogP contribution in [0.2, 0.25) is 0 Å². The van der Waals surface area contributed by atoms with Crippen molar-refractivity contribution in [3.8, 4) is 5.75 Å². The van der Waals surface area contributed by atoms with Crippen LogP contribution in [0.3, 0.4) is 0 Å². The van der Waals surface area contributed by atoms with E-state index >= 15 is 0 Å². The Labute approximate surface area is 175 Å². The van der Waals surface area contributed by atoms with Gasteiger partial charge in [-0.05, 0) is 43.2 Å². The molecule has 2 heterocycles. The second-order valence-corrected chi connectivity index (χ2v) is 9.22. The van der Waals surface area contributed by atoms with Crippen LogP contribution in [-0.4, -0.2) is 51.3 Å². The molecule has 1 N–H and O–H groups in total. The van der Waals surface area contributed by atoms with E-state index in [9.17, 15) is 18.0 Å². The number of piperidine rings is 1. The highest BCUT2D eigenvalue weighted by Gasteiger charge is 2.32. The Balaban J connectivity index is 1.74. The molecule has 2 aromatic rings. The average Bonchev–Trinajstić information content (AvgIpc) is 2.78. The van der Waals surface area contributed by atoms with Crippen molar-refractivity contribution in [2.45, 2.75) is 24.2 Å². The molecular formula is C21H23N3O5S. The molecule has 158 valence electrons. The van der Waals surface area contributed by atoms with E-state index in [-0.39, 0.29) is 28.7 Å². The van der Waals surface area contributed by atoms with Gasteiger partial charge in [0, 0.05) is 13.1 Å². The molecule has 8 nitrogen and oxygen atoms in total. The summed E-state index contributed by atoms with van der Waals surface area (Å²) in [5.41, 5.74) is 1.17. The number of hydrogen-bond acceptors (Lipinski definition) is 5. The van der Waals surface area contributed by atoms with E-state index in [0.717, 1.165) is 19.3 Å². The third-order valence-electron chi connectivity index (χ3n) is 5.37. The van der Waals surface area contributed by atoms with Gasteiger partial charge < -0.3 is 10.1 Å². The number of nitrogens with one attached hydrogen (secondary N) is 1. The first-order valence-electron chi connectivity index (χ1n) is 9.81. The average molecular weight is 429 g/mol. The van der Waals surface area contributed by atoms with Crippen LogP contribution in [0.25, 0.3) is 0 Å². The quantitative estimate of drug-likeness (QED) is 0.806. The van der Waals surface area contributed by atoms with Gasteiger partial charge in [-0.3, -0.25) is 14.5 Å². The molecule has 2 aromatic carbocycles. The number of sulfonamides is 1. The number of nitrogens with zero attached hydrogens (tertiary/aromatic N) is 2. The van der Waals surface area contributed by atoms with Crippen LogP contribution in [-0.2, 0) is 14.8 Å². The molecule has 30 heavy (non-hydrogen) atoms. The number of benzene rings is 2. The van der Waals surface area contributed by atoms with Crippen LogP contribution in [0.4, 0.5) is 11.4 Å². The van der Waals surface area contributed by atoms with Crippen LogP contribution in [0.15, 0.2) is 47.4 Å². The van der Waals surface area contributed by atoms with Crippen molar-refractivity contribution >= 4 is 33.2 Å². The summed E-state index contributed by atoms with van der Waals surface area (Å²) in [6.07, 6.45) is 2.65. The first kappa shape index (κ1) is 20.4. The summed E-state index contributed by atoms with van der Waals surface area (Å²) in [5.74, 6) is -0.566. The minimum atomic E-state index is -3.72. The Kier molecular flexibility index (Phi) is 5.48. The van der Waals surface area contributed by atoms with Crippen molar-refractivity contribution in [3.63, 3.8) is 0 Å². The van der Waals surface area contributed by atoms with Gasteiger partial charge in [-0.2, -0.15) is 4.31 Å². The Hall–Kier alpha value is -2.91. The maximum atomic E-state index is 13.4. The number of carbonyl (C=O) groups is 2. The third-order valence-corrected chi connectivity index (χ3v) is 7.26. The normalized spacial score (nSPS) is 17.2. The summed E-state index contributed by atoms with van der Waals surface area (Å²) >= 11 is 0. The second kappa shape index (κ2) is 8.08. The minimum Gasteiger partial charge on any atom is -0.496 e. The predicted octanol–water partition coefficient (Wildman–Crippen LogP) is 2.47. The summed E-state index contributed by atoms with van der Waals surface area (Å²) in [6.45, 7) is 0.775. The second-order valence-electron chi connectivity index (χ2n) is 7.28. The van der Waals surface area contributed by atoms with Gasteiger partial charge in [-0.25, -0.2) is 8.42 Å². The number of amides is 2. The summed E-state index contributed by atoms with van der Waals surface area (Å²) in [4.78, 5) is 26.9. The Bertz CT molecular complexity index is 1090. The van der Waals surface area contributed by atoms with Gasteiger partial charge in [0.1, 0.15) is 12.3 Å². The van der Waals surface area contributed by atoms with E-state index in [1.54, 1.807) is 24.3 Å². The molecule has 0 spiro atoms. The fourth-order valence-electron chi connectivity index (χ4n) is 3.83. The van der Waals surface area contributed by atoms with Gasteiger partial charge in [-0.1, -0.05) is 18.6 Å². The van der Waals surface area contributed by atoms with Crippen molar-refractivity contribution in [2.24, 2.45) is 0 Å². The van der Waals surface area contributed by atoms with Crippen molar-refractivity contribution in [2.75, 3.05) is 37.0 Å². The molecular weight excluding hydrogens is 406 g/mol. The number of anilines is 2. The lowest BCUT2D eigenvalue weighted by Crippen LogP contribution is -2.42. The lowest BCUT2D eigenvalue weighted by molar-refractivity contribution is -0.115. The lowest BCUT2D eigenvalue weighted by atomic mass is 10.1. The van der Waals surface area contributed by atoms with E-state index in [4.69, 9.17) is 4.74 Å². The Morgan fingerprint density at radius 3 is 2.53 bits per heavy atom. The number of para-hydroxylation sites is 2. The van der Waals surface area contributed by atoms with Crippen molar-refractivity contribution in [3.05, 3.63) is 48.0 Å². The fraction of sp³-hybridized carbons (Fsp3) is 0.333. The smallest absolute Gasteiger partial charge is 0.262 e. The summed E-state index contributed by atoms with van der Waals surface area (Å²) in [6, 6.07) is 11.3. The maximum Gasteiger partial charge on any atom is 0.262 e. The van der Waals surface area contributed by atoms with Gasteiger partial charge in [0.15, 0.2) is 0 Å². The predicted molar refractivity (Wildman–Crippen MR) is 112 cm³/mol. The molecule has 0 aromatic heterocycles. The zero-order valence-electron chi connectivity index (χ0n) is 16.6. The molecule has 0 unspecified atom stereocenters. The number of ether oxygens (including phenoxy) is 1. The van der Waals surface area contributed by atoms with E-state index < -0.39 is 15.9 Å². The molecule has 1 fully saturated rings. The van der Waals surface area contributed by atoms with Crippen LogP contribution in [0.1, 0.15) is 29.6 Å². The van der Waals surface area contributed by atoms with Gasteiger partial charge in [0.05, 0.1) is 28.9 Å². The molecule has 0 atom stereocenters. The van der Waals surface area contributed by atoms with E-state index in [0.29, 0.717) is 24.5 Å². The zero-order valence-corrected chi connectivity index (χ0v) is 17.4. The minimum absolute atomic E-state index is 0.0447. The Morgan fingerprint density at radius 2 is 1.80 bits per heavy atom. The molecule has 2 aliphatic heterocycles. The van der Waals surface area contributed by atoms with Gasteiger partial charge in [0.2, 0.25) is 15.9 Å². The zero-order chi connectivity index (χ0) is 21.3. The monoisotopic (exact) mass is 429 g/mol. The molecule has 2 amide bonds. The molecule has 2 aliphatic rings. The van der Waals surface area contributed by atoms with Crippen molar-refractivity contribution < 1.29 is 22.7 Å². The van der Waals surface area contributed by atoms with E-state index in [1.165, 1.54) is 34.5 Å². The van der Waals surface area contributed by atoms with Crippen LogP contribution in [0, 0.1) is 0 Å². The van der Waals surface area contributed by atoms with Gasteiger partial charge in [-0.15, -0.1) is 0 Å². The SMILES string of the molecule is COc1ccc(S(=O)(=O)N2CCCCC2)cc1C(=O)N1CC(=O)Nc2ccccc21. The molecule has 0 bridgehead atoms. The van der Waals surface area contributed by atoms with Gasteiger partial charge in [0.25, 0.3) is 5.91 Å². The number of methoxy groups -OCH3 is 1. The molecule has 0 aliphatic carbocycles. The number of hydrogen-bond donors (Lipinski definition) is 1. The highest BCUT2D eigenvalue weighted by atomic mass is 32.2. The molecule has 4 rings (SSSR count). The standard InChI is InChI=1S/C21H23N3O5S/c1-29-19-10-9-15(30(27,28)23-11-5-2-6-12-23)13-16(19)21(26)24-14-20(25)22-17-7-3-4-8-18(17)24/h3-4,7-10,13H,2,5-6,11-12,14H2,1H3,(H,22,25). The van der Waals surface area contributed by atoms with E-state index in [1.807, 2.05) is 0 Å². The molecule has 0 radical (unpaired) electrons. The van der Waals surface area contributed by atoms with Crippen LogP contribution >= 0.6 is 0 Å². The van der Waals surface area contributed by atoms with Crippen molar-refractivity contribution in [1.82, 2.24) is 4.31 Å². The Morgan fingerprint density at radius 1 is 1.07 bits per heavy atom. The topological polar surface area (TPSA) is 96.0 Å². The van der Waals surface area contributed by atoms with Crippen LogP contribution < -0.4 is 15.0 Å². The first-order chi connectivity index (χ1) is 14.4. The molecule has 9 heteroatoms. The van der Waals surface area contributed by atoms with E-state index in [2.05, 4.69) is 5.32 Å². The number of rotatable bonds is 4. The van der Waals surface area contributed by atoms with Crippen LogP contribution in [0.5, 0.6) is 5.75 Å². The summed E-state index contributed by atoms with van der Waals surface area (Å²) in [5, 5.41) is 2.74. The fourth-order valence-corrected chi connectivity index (χ4v) is 5.37. The summed E-state index contributed by atoms with van der Waals surface area (Å²) < 4.78 is 33.0. The lowest BCUT2D eigenvalue weighted by Gasteiger charge is -2.30. The highest BCUT2D eigenvalue weighted by Crippen LogP contribution is 2.33. The largest absolute Gasteiger partial charge is 0.496 e. The number of carbonyl (C=O) groups excluding carboxylic acids is 2. The first-order valence-corrected chi connectivity index (χ1v) is 11.2. The number of fused-ring (bicyclic) bond motifs is 1. The van der Waals surface area contributed by atoms with Crippen molar-refractivity contribution in [1.29, 1.82) is 0 Å². The third kappa shape index (κ3) is 3.66. The molecule has 1 saturated heterocycles. The maximum absolute atomic E-state index is 13.4. The van der Waals surface area contributed by atoms with Gasteiger partial charge >= 0.3 is 0 Å². The highest BCUT2D eigenvalue weighted by molar-refractivity contribution is 7.89. The summed E-state index contributed by atoms with van der Waals surface area (Å²) in [7, 11) is -2.30. The molecule has 0 saturated carbocycles.